The maximum absolute atomic E-state index is 12.7. The maximum Gasteiger partial charge on any atom is 0.228 e. The van der Waals surface area contributed by atoms with Gasteiger partial charge in [0.15, 0.2) is 0 Å². The first-order valence-corrected chi connectivity index (χ1v) is 8.32. The van der Waals surface area contributed by atoms with Crippen LogP contribution in [0.4, 0.5) is 5.69 Å². The second kappa shape index (κ2) is 7.38. The molecular formula is C20H22N2O3. The molecule has 0 aliphatic carbocycles. The molecule has 1 aliphatic rings. The lowest BCUT2D eigenvalue weighted by atomic mass is 10.1. The van der Waals surface area contributed by atoms with Crippen LogP contribution < -0.4 is 9.64 Å². The molecule has 0 saturated carbocycles. The van der Waals surface area contributed by atoms with Gasteiger partial charge in [-0.3, -0.25) is 9.59 Å². The topological polar surface area (TPSA) is 49.9 Å². The van der Waals surface area contributed by atoms with Crippen molar-refractivity contribution in [1.82, 2.24) is 4.90 Å². The molecule has 5 nitrogen and oxygen atoms in total. The minimum absolute atomic E-state index is 0.00761. The summed E-state index contributed by atoms with van der Waals surface area (Å²) in [6, 6.07) is 17.2. The molecule has 130 valence electrons. The van der Waals surface area contributed by atoms with E-state index in [1.165, 1.54) is 0 Å². The Morgan fingerprint density at radius 1 is 1.16 bits per heavy atom. The van der Waals surface area contributed by atoms with Crippen molar-refractivity contribution in [2.75, 3.05) is 25.6 Å². The summed E-state index contributed by atoms with van der Waals surface area (Å²) in [5.41, 5.74) is 1.88. The van der Waals surface area contributed by atoms with E-state index in [1.54, 1.807) is 24.0 Å². The molecular weight excluding hydrogens is 316 g/mol. The van der Waals surface area contributed by atoms with Gasteiger partial charge in [-0.05, 0) is 29.8 Å². The Morgan fingerprint density at radius 3 is 2.48 bits per heavy atom. The highest BCUT2D eigenvalue weighted by molar-refractivity contribution is 6.00. The number of hydrogen-bond donors (Lipinski definition) is 0. The highest BCUT2D eigenvalue weighted by Gasteiger charge is 2.36. The van der Waals surface area contributed by atoms with Crippen molar-refractivity contribution in [3.63, 3.8) is 0 Å². The average molecular weight is 338 g/mol. The van der Waals surface area contributed by atoms with Crippen molar-refractivity contribution < 1.29 is 14.3 Å². The van der Waals surface area contributed by atoms with Crippen molar-refractivity contribution in [3.05, 3.63) is 60.2 Å². The van der Waals surface area contributed by atoms with E-state index in [2.05, 4.69) is 0 Å². The molecule has 1 unspecified atom stereocenters. The SMILES string of the molecule is COc1ccc(N2CC(C(=O)N(C)Cc3ccccc3)CC2=O)cc1. The Hall–Kier alpha value is -2.82. The summed E-state index contributed by atoms with van der Waals surface area (Å²) in [5, 5.41) is 0. The van der Waals surface area contributed by atoms with E-state index in [0.717, 1.165) is 17.0 Å². The highest BCUT2D eigenvalue weighted by atomic mass is 16.5. The van der Waals surface area contributed by atoms with E-state index in [9.17, 15) is 9.59 Å². The first-order valence-electron chi connectivity index (χ1n) is 8.32. The third kappa shape index (κ3) is 3.82. The number of methoxy groups -OCH3 is 1. The molecule has 1 fully saturated rings. The monoisotopic (exact) mass is 338 g/mol. The van der Waals surface area contributed by atoms with Crippen molar-refractivity contribution in [3.8, 4) is 5.75 Å². The van der Waals surface area contributed by atoms with Crippen LogP contribution in [0.3, 0.4) is 0 Å². The predicted molar refractivity (Wildman–Crippen MR) is 96.4 cm³/mol. The second-order valence-corrected chi connectivity index (χ2v) is 6.28. The fraction of sp³-hybridized carbons (Fsp3) is 0.300. The first-order chi connectivity index (χ1) is 12.1. The molecule has 2 aromatic rings. The van der Waals surface area contributed by atoms with Gasteiger partial charge in [0.2, 0.25) is 11.8 Å². The summed E-state index contributed by atoms with van der Waals surface area (Å²) in [7, 11) is 3.39. The van der Waals surface area contributed by atoms with Crippen LogP contribution in [0.1, 0.15) is 12.0 Å². The molecule has 0 spiro atoms. The molecule has 0 aromatic heterocycles. The smallest absolute Gasteiger partial charge is 0.228 e. The van der Waals surface area contributed by atoms with Gasteiger partial charge in [-0.15, -0.1) is 0 Å². The molecule has 0 radical (unpaired) electrons. The van der Waals surface area contributed by atoms with Crippen LogP contribution in [0.2, 0.25) is 0 Å². The van der Waals surface area contributed by atoms with Gasteiger partial charge in [0.25, 0.3) is 0 Å². The number of carbonyl (C=O) groups is 2. The van der Waals surface area contributed by atoms with Crippen LogP contribution in [0.25, 0.3) is 0 Å². The third-order valence-corrected chi connectivity index (χ3v) is 4.50. The Morgan fingerprint density at radius 2 is 1.84 bits per heavy atom. The second-order valence-electron chi connectivity index (χ2n) is 6.28. The molecule has 2 amide bonds. The van der Waals surface area contributed by atoms with Crippen LogP contribution in [-0.2, 0) is 16.1 Å². The molecule has 25 heavy (non-hydrogen) atoms. The molecule has 1 atom stereocenters. The van der Waals surface area contributed by atoms with Gasteiger partial charge in [-0.1, -0.05) is 30.3 Å². The zero-order valence-electron chi connectivity index (χ0n) is 14.5. The number of anilines is 1. The first kappa shape index (κ1) is 17.0. The number of rotatable bonds is 5. The van der Waals surface area contributed by atoms with E-state index >= 15 is 0 Å². The van der Waals surface area contributed by atoms with Crippen molar-refractivity contribution in [2.24, 2.45) is 5.92 Å². The summed E-state index contributed by atoms with van der Waals surface area (Å²) in [4.78, 5) is 28.4. The summed E-state index contributed by atoms with van der Waals surface area (Å²) < 4.78 is 5.14. The lowest BCUT2D eigenvalue weighted by Gasteiger charge is -2.21. The molecule has 5 heteroatoms. The highest BCUT2D eigenvalue weighted by Crippen LogP contribution is 2.27. The van der Waals surface area contributed by atoms with Crippen molar-refractivity contribution in [1.29, 1.82) is 0 Å². The number of amides is 2. The third-order valence-electron chi connectivity index (χ3n) is 4.50. The maximum atomic E-state index is 12.7. The molecule has 1 heterocycles. The minimum Gasteiger partial charge on any atom is -0.497 e. The molecule has 1 saturated heterocycles. The zero-order chi connectivity index (χ0) is 17.8. The molecule has 2 aromatic carbocycles. The summed E-state index contributed by atoms with van der Waals surface area (Å²) in [5.74, 6) is 0.429. The lowest BCUT2D eigenvalue weighted by Crippen LogP contribution is -2.34. The van der Waals surface area contributed by atoms with Crippen LogP contribution in [0.15, 0.2) is 54.6 Å². The fourth-order valence-corrected chi connectivity index (χ4v) is 3.13. The van der Waals surface area contributed by atoms with Gasteiger partial charge < -0.3 is 14.5 Å². The van der Waals surface area contributed by atoms with E-state index < -0.39 is 0 Å². The molecule has 0 N–H and O–H groups in total. The van der Waals surface area contributed by atoms with Gasteiger partial charge in [0.1, 0.15) is 5.75 Å². The largest absolute Gasteiger partial charge is 0.497 e. The van der Waals surface area contributed by atoms with Crippen LogP contribution in [0, 0.1) is 5.92 Å². The van der Waals surface area contributed by atoms with E-state index in [-0.39, 0.29) is 24.2 Å². The summed E-state index contributed by atoms with van der Waals surface area (Å²) in [6.07, 6.45) is 0.254. The number of ether oxygens (including phenoxy) is 1. The van der Waals surface area contributed by atoms with Gasteiger partial charge in [-0.2, -0.15) is 0 Å². The number of nitrogens with zero attached hydrogens (tertiary/aromatic N) is 2. The van der Waals surface area contributed by atoms with Gasteiger partial charge in [-0.25, -0.2) is 0 Å². The number of carbonyl (C=O) groups excluding carboxylic acids is 2. The van der Waals surface area contributed by atoms with Crippen molar-refractivity contribution >= 4 is 17.5 Å². The zero-order valence-corrected chi connectivity index (χ0v) is 14.5. The summed E-state index contributed by atoms with van der Waals surface area (Å²) in [6.45, 7) is 0.968. The van der Waals surface area contributed by atoms with Crippen LogP contribution >= 0.6 is 0 Å². The van der Waals surface area contributed by atoms with Crippen LogP contribution in [0.5, 0.6) is 5.75 Å². The van der Waals surface area contributed by atoms with Crippen LogP contribution in [-0.4, -0.2) is 37.4 Å². The van der Waals surface area contributed by atoms with Gasteiger partial charge in [0.05, 0.1) is 13.0 Å². The minimum atomic E-state index is -0.302. The molecule has 1 aliphatic heterocycles. The van der Waals surface area contributed by atoms with E-state index in [4.69, 9.17) is 4.74 Å². The van der Waals surface area contributed by atoms with E-state index in [1.807, 2.05) is 54.6 Å². The van der Waals surface area contributed by atoms with Crippen molar-refractivity contribution in [2.45, 2.75) is 13.0 Å². The fourth-order valence-electron chi connectivity index (χ4n) is 3.13. The Bertz CT molecular complexity index is 743. The Labute approximate surface area is 147 Å². The average Bonchev–Trinajstić information content (AvgIpc) is 3.03. The van der Waals surface area contributed by atoms with Gasteiger partial charge in [0, 0.05) is 32.2 Å². The number of benzene rings is 2. The Kier molecular flexibility index (Phi) is 5.03. The quantitative estimate of drug-likeness (QED) is 0.842. The predicted octanol–water partition coefficient (Wildman–Crippen LogP) is 2.71. The number of hydrogen-bond acceptors (Lipinski definition) is 3. The van der Waals surface area contributed by atoms with E-state index in [0.29, 0.717) is 13.1 Å². The molecule has 0 bridgehead atoms. The Balaban J connectivity index is 1.65. The normalized spacial score (nSPS) is 16.8. The lowest BCUT2D eigenvalue weighted by molar-refractivity contribution is -0.135. The summed E-state index contributed by atoms with van der Waals surface area (Å²) >= 11 is 0. The molecule has 3 rings (SSSR count). The van der Waals surface area contributed by atoms with Gasteiger partial charge >= 0.3 is 0 Å². The standard InChI is InChI=1S/C20H22N2O3/c1-21(13-15-6-4-3-5-7-15)20(24)16-12-19(23)22(14-16)17-8-10-18(25-2)11-9-17/h3-11,16H,12-14H2,1-2H3.